The highest BCUT2D eigenvalue weighted by Crippen LogP contribution is 2.32. The van der Waals surface area contributed by atoms with Gasteiger partial charge in [-0.15, -0.1) is 11.3 Å². The summed E-state index contributed by atoms with van der Waals surface area (Å²) < 4.78 is 5.34. The molecule has 1 N–H and O–H groups in total. The van der Waals surface area contributed by atoms with E-state index in [-0.39, 0.29) is 12.1 Å². The van der Waals surface area contributed by atoms with Crippen LogP contribution in [0, 0.1) is 0 Å². The number of aryl methyl sites for hydroxylation is 1. The van der Waals surface area contributed by atoms with Crippen LogP contribution in [0.3, 0.4) is 0 Å². The number of hydrogen-bond donors (Lipinski definition) is 1. The minimum atomic E-state index is -0.481. The van der Waals surface area contributed by atoms with Crippen molar-refractivity contribution >= 4 is 33.5 Å². The van der Waals surface area contributed by atoms with Gasteiger partial charge in [-0.2, -0.15) is 0 Å². The summed E-state index contributed by atoms with van der Waals surface area (Å²) in [4.78, 5) is 24.7. The highest BCUT2D eigenvalue weighted by molar-refractivity contribution is 7.16. The van der Waals surface area contributed by atoms with Gasteiger partial charge in [0.25, 0.3) is 0 Å². The number of alkyl carbamates (subject to hydrolysis) is 1. The number of nitrogens with zero attached hydrogens (tertiary/aromatic N) is 3. The van der Waals surface area contributed by atoms with Crippen LogP contribution in [0.2, 0.25) is 0 Å². The number of anilines is 1. The van der Waals surface area contributed by atoms with Gasteiger partial charge in [0.15, 0.2) is 0 Å². The maximum Gasteiger partial charge on any atom is 0.407 e. The van der Waals surface area contributed by atoms with Gasteiger partial charge >= 0.3 is 6.09 Å². The Kier molecular flexibility index (Phi) is 5.13. The molecule has 1 fully saturated rings. The van der Waals surface area contributed by atoms with Gasteiger partial charge in [-0.25, -0.2) is 14.8 Å². The Hall–Kier alpha value is -1.89. The summed E-state index contributed by atoms with van der Waals surface area (Å²) in [5.74, 6) is 1.87. The van der Waals surface area contributed by atoms with Crippen LogP contribution in [-0.4, -0.2) is 40.8 Å². The number of thiophene rings is 1. The van der Waals surface area contributed by atoms with Crippen molar-refractivity contribution in [3.63, 3.8) is 0 Å². The highest BCUT2D eigenvalue weighted by Gasteiger charge is 2.28. The third kappa shape index (κ3) is 4.21. The first kappa shape index (κ1) is 17.9. The van der Waals surface area contributed by atoms with E-state index in [1.54, 1.807) is 11.3 Å². The minimum Gasteiger partial charge on any atom is -0.444 e. The van der Waals surface area contributed by atoms with Crippen molar-refractivity contribution in [3.05, 3.63) is 17.3 Å². The molecule has 2 aromatic heterocycles. The van der Waals surface area contributed by atoms with E-state index in [4.69, 9.17) is 9.72 Å². The number of carbonyl (C=O) groups is 1. The summed E-state index contributed by atoms with van der Waals surface area (Å²) >= 11 is 1.65. The number of rotatable bonds is 4. The largest absolute Gasteiger partial charge is 0.444 e. The maximum atomic E-state index is 12.0. The second-order valence-electron chi connectivity index (χ2n) is 7.33. The monoisotopic (exact) mass is 362 g/mol. The zero-order valence-electron chi connectivity index (χ0n) is 15.3. The molecular weight excluding hydrogens is 336 g/mol. The molecule has 0 bridgehead atoms. The van der Waals surface area contributed by atoms with Gasteiger partial charge in [-0.1, -0.05) is 6.92 Å². The number of ether oxygens (including phenoxy) is 1. The molecule has 1 aliphatic heterocycles. The molecule has 2 aromatic rings. The molecule has 0 aliphatic carbocycles. The molecule has 1 amide bonds. The second kappa shape index (κ2) is 7.15. The third-order valence-corrected chi connectivity index (χ3v) is 5.00. The number of hydrogen-bond acceptors (Lipinski definition) is 6. The molecule has 3 rings (SSSR count). The lowest BCUT2D eigenvalue weighted by molar-refractivity contribution is 0.0525. The SMILES string of the molecule is CCc1nc(N2CCCC2CNC(=O)OC(C)(C)C)c2ccsc2n1. The lowest BCUT2D eigenvalue weighted by Crippen LogP contribution is -2.42. The molecule has 136 valence electrons. The molecule has 0 radical (unpaired) electrons. The number of nitrogens with one attached hydrogen (secondary N) is 1. The van der Waals surface area contributed by atoms with Crippen molar-refractivity contribution in [2.75, 3.05) is 18.0 Å². The fraction of sp³-hybridized carbons (Fsp3) is 0.611. The lowest BCUT2D eigenvalue weighted by Gasteiger charge is -2.27. The van der Waals surface area contributed by atoms with Crippen LogP contribution >= 0.6 is 11.3 Å². The van der Waals surface area contributed by atoms with Crippen LogP contribution in [0.25, 0.3) is 10.2 Å². The smallest absolute Gasteiger partial charge is 0.407 e. The normalized spacial score (nSPS) is 17.9. The van der Waals surface area contributed by atoms with Gasteiger partial charge < -0.3 is 15.0 Å². The van der Waals surface area contributed by atoms with Crippen molar-refractivity contribution in [1.29, 1.82) is 0 Å². The summed E-state index contributed by atoms with van der Waals surface area (Å²) in [6.07, 6.45) is 2.58. The molecule has 3 heterocycles. The first-order valence-corrected chi connectivity index (χ1v) is 9.73. The van der Waals surface area contributed by atoms with Crippen molar-refractivity contribution < 1.29 is 9.53 Å². The Morgan fingerprint density at radius 2 is 2.24 bits per heavy atom. The topological polar surface area (TPSA) is 67.4 Å². The van der Waals surface area contributed by atoms with E-state index in [1.807, 2.05) is 20.8 Å². The Morgan fingerprint density at radius 1 is 1.44 bits per heavy atom. The average molecular weight is 362 g/mol. The number of aromatic nitrogens is 2. The van der Waals surface area contributed by atoms with E-state index >= 15 is 0 Å². The predicted molar refractivity (Wildman–Crippen MR) is 101 cm³/mol. The Bertz CT molecular complexity index is 753. The highest BCUT2D eigenvalue weighted by atomic mass is 32.1. The standard InChI is InChI=1S/C18H26N4O2S/c1-5-14-20-15(13-8-10-25-16(13)21-14)22-9-6-7-12(22)11-19-17(23)24-18(2,3)4/h8,10,12H,5-7,9,11H2,1-4H3,(H,19,23). The summed E-state index contributed by atoms with van der Waals surface area (Å²) in [5.41, 5.74) is -0.481. The van der Waals surface area contributed by atoms with E-state index in [0.29, 0.717) is 6.54 Å². The van der Waals surface area contributed by atoms with E-state index < -0.39 is 5.60 Å². The van der Waals surface area contributed by atoms with Crippen molar-refractivity contribution in [2.45, 2.75) is 58.6 Å². The van der Waals surface area contributed by atoms with E-state index in [2.05, 4.69) is 33.6 Å². The Morgan fingerprint density at radius 3 is 2.96 bits per heavy atom. The molecule has 0 aromatic carbocycles. The Balaban J connectivity index is 1.76. The molecule has 25 heavy (non-hydrogen) atoms. The first-order chi connectivity index (χ1) is 11.9. The van der Waals surface area contributed by atoms with Crippen LogP contribution in [0.1, 0.15) is 46.4 Å². The fourth-order valence-electron chi connectivity index (χ4n) is 3.10. The van der Waals surface area contributed by atoms with E-state index in [1.165, 1.54) is 0 Å². The summed E-state index contributed by atoms with van der Waals surface area (Å²) in [7, 11) is 0. The van der Waals surface area contributed by atoms with Crippen LogP contribution in [-0.2, 0) is 11.2 Å². The van der Waals surface area contributed by atoms with Gasteiger partial charge in [-0.3, -0.25) is 0 Å². The zero-order valence-corrected chi connectivity index (χ0v) is 16.2. The zero-order chi connectivity index (χ0) is 18.0. The quantitative estimate of drug-likeness (QED) is 0.897. The van der Waals surface area contributed by atoms with Crippen molar-refractivity contribution in [1.82, 2.24) is 15.3 Å². The predicted octanol–water partition coefficient (Wildman–Crippen LogP) is 3.75. The lowest BCUT2D eigenvalue weighted by atomic mass is 10.2. The van der Waals surface area contributed by atoms with Gasteiger partial charge in [0.1, 0.15) is 22.1 Å². The molecule has 1 atom stereocenters. The molecular formula is C18H26N4O2S. The van der Waals surface area contributed by atoms with Crippen molar-refractivity contribution in [2.24, 2.45) is 0 Å². The molecule has 0 spiro atoms. The first-order valence-electron chi connectivity index (χ1n) is 8.85. The number of carbonyl (C=O) groups excluding carboxylic acids is 1. The second-order valence-corrected chi connectivity index (χ2v) is 8.22. The molecule has 1 aliphatic rings. The fourth-order valence-corrected chi connectivity index (χ4v) is 3.88. The van der Waals surface area contributed by atoms with Crippen LogP contribution in [0.15, 0.2) is 11.4 Å². The molecule has 0 saturated carbocycles. The van der Waals surface area contributed by atoms with E-state index in [0.717, 1.165) is 47.7 Å². The van der Waals surface area contributed by atoms with E-state index in [9.17, 15) is 4.79 Å². The number of fused-ring (bicyclic) bond motifs is 1. The minimum absolute atomic E-state index is 0.232. The summed E-state index contributed by atoms with van der Waals surface area (Å²) in [5, 5.41) is 6.07. The van der Waals surface area contributed by atoms with Crippen LogP contribution < -0.4 is 10.2 Å². The maximum absolute atomic E-state index is 12.0. The molecule has 7 heteroatoms. The van der Waals surface area contributed by atoms with Crippen LogP contribution in [0.5, 0.6) is 0 Å². The molecule has 1 unspecified atom stereocenters. The molecule has 1 saturated heterocycles. The van der Waals surface area contributed by atoms with Crippen molar-refractivity contribution in [3.8, 4) is 0 Å². The van der Waals surface area contributed by atoms with Crippen LogP contribution in [0.4, 0.5) is 10.6 Å². The number of amides is 1. The van der Waals surface area contributed by atoms with Gasteiger partial charge in [-0.05, 0) is 45.1 Å². The third-order valence-electron chi connectivity index (χ3n) is 4.20. The van der Waals surface area contributed by atoms with Gasteiger partial charge in [0.2, 0.25) is 0 Å². The molecule has 6 nitrogen and oxygen atoms in total. The average Bonchev–Trinajstić information content (AvgIpc) is 3.19. The Labute approximate surface area is 152 Å². The summed E-state index contributed by atoms with van der Waals surface area (Å²) in [6.45, 7) is 9.20. The van der Waals surface area contributed by atoms with Gasteiger partial charge in [0, 0.05) is 25.6 Å². The summed E-state index contributed by atoms with van der Waals surface area (Å²) in [6, 6.07) is 2.32. The van der Waals surface area contributed by atoms with Gasteiger partial charge in [0.05, 0.1) is 5.39 Å².